The van der Waals surface area contributed by atoms with Gasteiger partial charge in [-0.1, -0.05) is 6.92 Å². The lowest BCUT2D eigenvalue weighted by Gasteiger charge is -2.22. The molecular formula is C10H19F3N2O2S. The third kappa shape index (κ3) is 6.01. The highest BCUT2D eigenvalue weighted by molar-refractivity contribution is 7.89. The quantitative estimate of drug-likeness (QED) is 0.773. The molecule has 0 aromatic carbocycles. The summed E-state index contributed by atoms with van der Waals surface area (Å²) in [6, 6.07) is 0. The van der Waals surface area contributed by atoms with Gasteiger partial charge < -0.3 is 5.32 Å². The summed E-state index contributed by atoms with van der Waals surface area (Å²) in [6.45, 7) is 3.78. The monoisotopic (exact) mass is 288 g/mol. The highest BCUT2D eigenvalue weighted by atomic mass is 32.2. The van der Waals surface area contributed by atoms with E-state index in [0.29, 0.717) is 0 Å². The van der Waals surface area contributed by atoms with Gasteiger partial charge in [-0.05, 0) is 24.8 Å². The van der Waals surface area contributed by atoms with Crippen LogP contribution in [0.25, 0.3) is 0 Å². The van der Waals surface area contributed by atoms with Gasteiger partial charge in [0, 0.05) is 19.5 Å². The van der Waals surface area contributed by atoms with Gasteiger partial charge in [0.15, 0.2) is 0 Å². The molecule has 0 radical (unpaired) electrons. The molecule has 18 heavy (non-hydrogen) atoms. The van der Waals surface area contributed by atoms with Gasteiger partial charge >= 0.3 is 6.18 Å². The Hall–Kier alpha value is -0.340. The molecule has 1 fully saturated rings. The molecule has 108 valence electrons. The van der Waals surface area contributed by atoms with Crippen molar-refractivity contribution in [3.8, 4) is 0 Å². The van der Waals surface area contributed by atoms with Crippen molar-refractivity contribution in [2.24, 2.45) is 5.41 Å². The fourth-order valence-electron chi connectivity index (χ4n) is 1.84. The van der Waals surface area contributed by atoms with E-state index in [4.69, 9.17) is 0 Å². The van der Waals surface area contributed by atoms with E-state index in [1.807, 2.05) is 6.92 Å². The number of alkyl halides is 3. The van der Waals surface area contributed by atoms with Crippen LogP contribution >= 0.6 is 0 Å². The first kappa shape index (κ1) is 15.7. The molecule has 0 bridgehead atoms. The summed E-state index contributed by atoms with van der Waals surface area (Å²) >= 11 is 0. The number of halogens is 3. The topological polar surface area (TPSA) is 58.2 Å². The molecule has 0 saturated carbocycles. The largest absolute Gasteiger partial charge is 0.389 e. The summed E-state index contributed by atoms with van der Waals surface area (Å²) in [5.41, 5.74) is -0.142. The maximum absolute atomic E-state index is 11.9. The van der Waals surface area contributed by atoms with Crippen LogP contribution in [0, 0.1) is 5.41 Å². The average Bonchev–Trinajstić information content (AvgIpc) is 2.61. The average molecular weight is 288 g/mol. The first-order valence-corrected chi connectivity index (χ1v) is 7.52. The lowest BCUT2D eigenvalue weighted by atomic mass is 9.90. The van der Waals surface area contributed by atoms with Crippen LogP contribution in [-0.4, -0.2) is 40.0 Å². The van der Waals surface area contributed by atoms with E-state index in [1.54, 1.807) is 0 Å². The molecule has 8 heteroatoms. The zero-order valence-corrected chi connectivity index (χ0v) is 11.1. The zero-order valence-electron chi connectivity index (χ0n) is 10.3. The van der Waals surface area contributed by atoms with Gasteiger partial charge in [0.05, 0.1) is 5.75 Å². The molecule has 1 heterocycles. The summed E-state index contributed by atoms with van der Waals surface area (Å²) in [7, 11) is -3.61. The van der Waals surface area contributed by atoms with Gasteiger partial charge in [0.25, 0.3) is 0 Å². The molecule has 1 aliphatic heterocycles. The molecule has 1 atom stereocenters. The van der Waals surface area contributed by atoms with E-state index in [2.05, 4.69) is 10.0 Å². The third-order valence-corrected chi connectivity index (χ3v) is 4.46. The summed E-state index contributed by atoms with van der Waals surface area (Å²) in [5, 5.41) is 3.13. The second-order valence-electron chi connectivity index (χ2n) is 5.10. The van der Waals surface area contributed by atoms with Crippen molar-refractivity contribution in [2.75, 3.05) is 25.4 Å². The number of rotatable bonds is 6. The summed E-state index contributed by atoms with van der Waals surface area (Å²) in [5.74, 6) is -0.476. The SMILES string of the molecule is CC1(CNS(=O)(=O)CCCC(F)(F)F)CCNC1. The predicted octanol–water partition coefficient (Wildman–Crippen LogP) is 1.25. The molecule has 0 spiro atoms. The fourth-order valence-corrected chi connectivity index (χ4v) is 3.08. The van der Waals surface area contributed by atoms with E-state index in [0.717, 1.165) is 19.5 Å². The fraction of sp³-hybridized carbons (Fsp3) is 1.00. The standard InChI is InChI=1S/C10H19F3N2O2S/c1-9(4-5-14-7-9)8-15-18(16,17)6-2-3-10(11,12)13/h14-15H,2-8H2,1H3. The molecular weight excluding hydrogens is 269 g/mol. The Morgan fingerprint density at radius 3 is 2.56 bits per heavy atom. The Morgan fingerprint density at radius 1 is 1.39 bits per heavy atom. The maximum atomic E-state index is 11.9. The second kappa shape index (κ2) is 5.75. The molecule has 1 aliphatic rings. The second-order valence-corrected chi connectivity index (χ2v) is 7.02. The molecule has 2 N–H and O–H groups in total. The minimum atomic E-state index is -4.29. The van der Waals surface area contributed by atoms with E-state index >= 15 is 0 Å². The van der Waals surface area contributed by atoms with Crippen LogP contribution in [0.5, 0.6) is 0 Å². The van der Waals surface area contributed by atoms with Gasteiger partial charge in [-0.15, -0.1) is 0 Å². The van der Waals surface area contributed by atoms with Gasteiger partial charge in [-0.2, -0.15) is 13.2 Å². The smallest absolute Gasteiger partial charge is 0.316 e. The zero-order chi connectivity index (χ0) is 13.9. The first-order valence-electron chi connectivity index (χ1n) is 5.87. The summed E-state index contributed by atoms with van der Waals surface area (Å²) < 4.78 is 61.1. The highest BCUT2D eigenvalue weighted by Gasteiger charge is 2.31. The van der Waals surface area contributed by atoms with E-state index in [-0.39, 0.29) is 12.0 Å². The van der Waals surface area contributed by atoms with Crippen LogP contribution in [0.15, 0.2) is 0 Å². The van der Waals surface area contributed by atoms with Crippen molar-refractivity contribution in [2.45, 2.75) is 32.4 Å². The van der Waals surface area contributed by atoms with Crippen molar-refractivity contribution in [3.05, 3.63) is 0 Å². The van der Waals surface area contributed by atoms with Gasteiger partial charge in [0.2, 0.25) is 10.0 Å². The Labute approximate surface area is 105 Å². The van der Waals surface area contributed by atoms with E-state index < -0.39 is 34.8 Å². The van der Waals surface area contributed by atoms with Crippen LogP contribution in [0.3, 0.4) is 0 Å². The van der Waals surface area contributed by atoms with Crippen LogP contribution in [-0.2, 0) is 10.0 Å². The number of hydrogen-bond acceptors (Lipinski definition) is 3. The molecule has 0 aromatic heterocycles. The first-order chi connectivity index (χ1) is 8.12. The summed E-state index contributed by atoms with van der Waals surface area (Å²) in [6.07, 6.45) is -4.89. The van der Waals surface area contributed by atoms with E-state index in [9.17, 15) is 21.6 Å². The molecule has 0 amide bonds. The Bertz CT molecular complexity index is 362. The van der Waals surface area contributed by atoms with Crippen LogP contribution in [0.2, 0.25) is 0 Å². The van der Waals surface area contributed by atoms with Crippen LogP contribution in [0.1, 0.15) is 26.2 Å². The molecule has 1 saturated heterocycles. The minimum absolute atomic E-state index is 0.142. The Kier molecular flexibility index (Phi) is 5.02. The molecule has 4 nitrogen and oxygen atoms in total. The van der Waals surface area contributed by atoms with Crippen LogP contribution < -0.4 is 10.0 Å². The minimum Gasteiger partial charge on any atom is -0.316 e. The van der Waals surface area contributed by atoms with Crippen molar-refractivity contribution < 1.29 is 21.6 Å². The van der Waals surface area contributed by atoms with E-state index in [1.165, 1.54) is 0 Å². The lowest BCUT2D eigenvalue weighted by molar-refractivity contribution is -0.134. The Balaban J connectivity index is 2.31. The molecule has 0 aromatic rings. The summed E-state index contributed by atoms with van der Waals surface area (Å²) in [4.78, 5) is 0. The van der Waals surface area contributed by atoms with Gasteiger partial charge in [-0.3, -0.25) is 0 Å². The molecule has 1 rings (SSSR count). The third-order valence-electron chi connectivity index (χ3n) is 3.05. The van der Waals surface area contributed by atoms with Crippen molar-refractivity contribution >= 4 is 10.0 Å². The van der Waals surface area contributed by atoms with Crippen molar-refractivity contribution in [1.29, 1.82) is 0 Å². The van der Waals surface area contributed by atoms with Crippen LogP contribution in [0.4, 0.5) is 13.2 Å². The molecule has 0 aliphatic carbocycles. The predicted molar refractivity (Wildman–Crippen MR) is 62.7 cm³/mol. The number of nitrogens with one attached hydrogen (secondary N) is 2. The number of sulfonamides is 1. The Morgan fingerprint density at radius 2 is 2.06 bits per heavy atom. The van der Waals surface area contributed by atoms with Crippen molar-refractivity contribution in [1.82, 2.24) is 10.0 Å². The lowest BCUT2D eigenvalue weighted by Crippen LogP contribution is -2.38. The number of hydrogen-bond donors (Lipinski definition) is 2. The van der Waals surface area contributed by atoms with Crippen molar-refractivity contribution in [3.63, 3.8) is 0 Å². The normalized spacial score (nSPS) is 25.6. The highest BCUT2D eigenvalue weighted by Crippen LogP contribution is 2.24. The van der Waals surface area contributed by atoms with Gasteiger partial charge in [0.1, 0.15) is 0 Å². The molecule has 1 unspecified atom stereocenters. The van der Waals surface area contributed by atoms with Gasteiger partial charge in [-0.25, -0.2) is 13.1 Å². The maximum Gasteiger partial charge on any atom is 0.389 e.